The Morgan fingerprint density at radius 3 is 2.60 bits per heavy atom. The summed E-state index contributed by atoms with van der Waals surface area (Å²) in [7, 11) is 0. The maximum atomic E-state index is 15.1. The molecule has 14 heteroatoms. The van der Waals surface area contributed by atoms with Crippen molar-refractivity contribution in [1.82, 2.24) is 14.8 Å². The molecule has 1 N–H and O–H groups in total. The smallest absolute Gasteiger partial charge is 0.387 e. The zero-order chi connectivity index (χ0) is 32.1. The molecule has 0 radical (unpaired) electrons. The summed E-state index contributed by atoms with van der Waals surface area (Å²) >= 11 is 1.12. The molecule has 10 nitrogen and oxygen atoms in total. The first-order chi connectivity index (χ1) is 21.6. The fourth-order valence-corrected chi connectivity index (χ4v) is 5.23. The van der Waals surface area contributed by atoms with Gasteiger partial charge in [0, 0.05) is 17.7 Å². The third-order valence-corrected chi connectivity index (χ3v) is 7.36. The quantitative estimate of drug-likeness (QED) is 0.203. The van der Waals surface area contributed by atoms with Crippen molar-refractivity contribution in [3.8, 4) is 22.8 Å². The first kappa shape index (κ1) is 31.7. The number of anilines is 2. The third kappa shape index (κ3) is 7.88. The molecule has 1 fully saturated rings. The minimum Gasteiger partial charge on any atom is -0.435 e. The summed E-state index contributed by atoms with van der Waals surface area (Å²) in [5, 5.41) is 6.93. The van der Waals surface area contributed by atoms with E-state index in [1.807, 2.05) is 39.0 Å². The lowest BCUT2D eigenvalue weighted by Gasteiger charge is -2.21. The van der Waals surface area contributed by atoms with E-state index in [0.717, 1.165) is 22.9 Å². The molecule has 3 amide bonds. The summed E-state index contributed by atoms with van der Waals surface area (Å²) in [6.07, 6.45) is 1.39. The minimum absolute atomic E-state index is 0.00335. The maximum Gasteiger partial charge on any atom is 0.387 e. The van der Waals surface area contributed by atoms with Crippen molar-refractivity contribution >= 4 is 40.2 Å². The lowest BCUT2D eigenvalue weighted by Crippen LogP contribution is -2.31. The van der Waals surface area contributed by atoms with Crippen LogP contribution < -0.4 is 15.0 Å². The number of halogens is 3. The number of amidine groups is 1. The first-order valence-electron chi connectivity index (χ1n) is 13.9. The number of hydrogen-bond donors (Lipinski definition) is 1. The normalized spacial score (nSPS) is 14.2. The third-order valence-electron chi connectivity index (χ3n) is 6.44. The van der Waals surface area contributed by atoms with E-state index in [-0.39, 0.29) is 40.7 Å². The Morgan fingerprint density at radius 2 is 1.89 bits per heavy atom. The summed E-state index contributed by atoms with van der Waals surface area (Å²) in [4.78, 5) is 35.4. The van der Waals surface area contributed by atoms with Gasteiger partial charge in [0.1, 0.15) is 17.9 Å². The van der Waals surface area contributed by atoms with E-state index >= 15 is 4.39 Å². The van der Waals surface area contributed by atoms with Gasteiger partial charge in [-0.2, -0.15) is 13.8 Å². The van der Waals surface area contributed by atoms with Crippen molar-refractivity contribution in [3.05, 3.63) is 83.9 Å². The fourth-order valence-electron chi connectivity index (χ4n) is 4.38. The van der Waals surface area contributed by atoms with Crippen LogP contribution in [0.4, 0.5) is 29.3 Å². The van der Waals surface area contributed by atoms with Crippen LogP contribution in [0.5, 0.6) is 5.75 Å². The summed E-state index contributed by atoms with van der Waals surface area (Å²) in [6.45, 7) is 3.89. The van der Waals surface area contributed by atoms with Gasteiger partial charge >= 0.3 is 12.6 Å². The van der Waals surface area contributed by atoms with Crippen LogP contribution in [0.15, 0.2) is 72.0 Å². The Bertz CT molecular complexity index is 1730. The number of carbonyl (C=O) groups is 2. The van der Waals surface area contributed by atoms with Gasteiger partial charge in [0.2, 0.25) is 5.91 Å². The Balaban J connectivity index is 1.29. The molecule has 1 aliphatic rings. The number of nitrogens with zero attached hydrogens (tertiary/aromatic N) is 5. The molecule has 234 valence electrons. The average molecular weight is 639 g/mol. The number of urea groups is 1. The lowest BCUT2D eigenvalue weighted by atomic mass is 10.1. The number of aliphatic imine (C=N–C) groups is 1. The Morgan fingerprint density at radius 1 is 1.11 bits per heavy atom. The SMILES string of the molecule is Cc1ccc(COCC(C)C)c(N2C(=O)CS/C2=N\C(=O)Nc2ccc(-c3ncn(-c4ccc(OC(F)F)cc4)n3)cc2F)c1. The van der Waals surface area contributed by atoms with Crippen molar-refractivity contribution in [3.63, 3.8) is 0 Å². The molecule has 0 bridgehead atoms. The molecule has 0 spiro atoms. The van der Waals surface area contributed by atoms with E-state index in [0.29, 0.717) is 29.5 Å². The van der Waals surface area contributed by atoms with E-state index in [1.165, 1.54) is 58.4 Å². The maximum absolute atomic E-state index is 15.1. The fraction of sp³-hybridized carbons (Fsp3) is 0.258. The summed E-state index contributed by atoms with van der Waals surface area (Å²) in [6, 6.07) is 14.6. The zero-order valence-corrected chi connectivity index (χ0v) is 25.4. The van der Waals surface area contributed by atoms with Crippen LogP contribution in [0.3, 0.4) is 0 Å². The number of alkyl halides is 2. The molecule has 5 rings (SSSR count). The van der Waals surface area contributed by atoms with Gasteiger partial charge in [-0.3, -0.25) is 9.69 Å². The van der Waals surface area contributed by atoms with Crippen LogP contribution in [0, 0.1) is 18.7 Å². The van der Waals surface area contributed by atoms with Crippen molar-refractivity contribution < 1.29 is 32.2 Å². The second kappa shape index (κ2) is 13.9. The van der Waals surface area contributed by atoms with Gasteiger partial charge < -0.3 is 14.8 Å². The van der Waals surface area contributed by atoms with Crippen LogP contribution in [-0.2, 0) is 16.1 Å². The predicted molar refractivity (Wildman–Crippen MR) is 165 cm³/mol. The number of rotatable bonds is 10. The van der Waals surface area contributed by atoms with Crippen LogP contribution in [0.25, 0.3) is 17.1 Å². The molecule has 0 aliphatic carbocycles. The molecular weight excluding hydrogens is 609 g/mol. The number of thioether (sulfide) groups is 1. The number of aryl methyl sites for hydroxylation is 1. The van der Waals surface area contributed by atoms with Gasteiger partial charge in [-0.1, -0.05) is 37.7 Å². The number of hydrogen-bond acceptors (Lipinski definition) is 7. The van der Waals surface area contributed by atoms with E-state index in [1.54, 1.807) is 0 Å². The largest absolute Gasteiger partial charge is 0.435 e. The molecule has 0 saturated carbocycles. The molecular formula is C31H29F3N6O4S. The number of amides is 3. The second-order valence-electron chi connectivity index (χ2n) is 10.5. The van der Waals surface area contributed by atoms with Crippen LogP contribution in [0.2, 0.25) is 0 Å². The van der Waals surface area contributed by atoms with Crippen molar-refractivity contribution in [2.75, 3.05) is 22.6 Å². The second-order valence-corrected chi connectivity index (χ2v) is 11.4. The van der Waals surface area contributed by atoms with Crippen molar-refractivity contribution in [2.24, 2.45) is 10.9 Å². The Kier molecular flexibility index (Phi) is 9.83. The Labute approximate surface area is 261 Å². The molecule has 1 saturated heterocycles. The standard InChI is InChI=1S/C31H29F3N6O4S/c1-18(2)14-43-15-21-5-4-19(3)12-26(21)40-27(41)16-45-31(40)37-30(42)36-25-11-6-20(13-24(25)32)28-35-17-39(38-28)22-7-9-23(10-8-22)44-29(33)34/h4-13,17-18,29H,14-16H2,1-3H3,(H,36,42)/b37-31-. The number of carbonyl (C=O) groups excluding carboxylic acids is 2. The van der Waals surface area contributed by atoms with Gasteiger partial charge in [0.05, 0.1) is 29.4 Å². The molecule has 4 aromatic rings. The topological polar surface area (TPSA) is 111 Å². The molecule has 2 heterocycles. The summed E-state index contributed by atoms with van der Waals surface area (Å²) in [5.41, 5.74) is 3.02. The first-order valence-corrected chi connectivity index (χ1v) is 14.9. The highest BCUT2D eigenvalue weighted by Crippen LogP contribution is 2.32. The van der Waals surface area contributed by atoms with Crippen LogP contribution in [-0.4, -0.2) is 50.8 Å². The van der Waals surface area contributed by atoms with Crippen LogP contribution >= 0.6 is 11.8 Å². The summed E-state index contributed by atoms with van der Waals surface area (Å²) < 4.78 is 51.4. The van der Waals surface area contributed by atoms with Crippen molar-refractivity contribution in [1.29, 1.82) is 0 Å². The number of ether oxygens (including phenoxy) is 2. The average Bonchev–Trinajstić information content (AvgIpc) is 3.62. The molecule has 0 atom stereocenters. The van der Waals surface area contributed by atoms with Gasteiger partial charge in [0.15, 0.2) is 11.0 Å². The molecule has 1 aromatic heterocycles. The number of aromatic nitrogens is 3. The van der Waals surface area contributed by atoms with Crippen molar-refractivity contribution in [2.45, 2.75) is 34.0 Å². The summed E-state index contributed by atoms with van der Waals surface area (Å²) in [5.74, 6) is -0.348. The molecule has 3 aromatic carbocycles. The minimum atomic E-state index is -2.93. The highest BCUT2D eigenvalue weighted by atomic mass is 32.2. The van der Waals surface area contributed by atoms with E-state index in [2.05, 4.69) is 25.1 Å². The highest BCUT2D eigenvalue weighted by Gasteiger charge is 2.32. The predicted octanol–water partition coefficient (Wildman–Crippen LogP) is 6.82. The van der Waals surface area contributed by atoms with Gasteiger partial charge in [-0.15, -0.1) is 5.10 Å². The zero-order valence-electron chi connectivity index (χ0n) is 24.5. The monoisotopic (exact) mass is 638 g/mol. The number of nitrogens with one attached hydrogen (secondary N) is 1. The molecule has 0 unspecified atom stereocenters. The van der Waals surface area contributed by atoms with E-state index < -0.39 is 18.5 Å². The number of benzene rings is 3. The van der Waals surface area contributed by atoms with Crippen LogP contribution in [0.1, 0.15) is 25.0 Å². The van der Waals surface area contributed by atoms with Gasteiger partial charge in [-0.05, 0) is 66.9 Å². The van der Waals surface area contributed by atoms with E-state index in [9.17, 15) is 18.4 Å². The lowest BCUT2D eigenvalue weighted by molar-refractivity contribution is -0.115. The van der Waals surface area contributed by atoms with Gasteiger partial charge in [-0.25, -0.2) is 18.9 Å². The molecule has 1 aliphatic heterocycles. The van der Waals surface area contributed by atoms with E-state index in [4.69, 9.17) is 4.74 Å². The molecule has 45 heavy (non-hydrogen) atoms. The highest BCUT2D eigenvalue weighted by molar-refractivity contribution is 8.15. The van der Waals surface area contributed by atoms with Gasteiger partial charge in [0.25, 0.3) is 0 Å². The Hall–Kier alpha value is -4.69.